The number of hydrogen-bond donors (Lipinski definition) is 2. The van der Waals surface area contributed by atoms with E-state index in [2.05, 4.69) is 0 Å². The van der Waals surface area contributed by atoms with Crippen LogP contribution in [0.25, 0.3) is 0 Å². The van der Waals surface area contributed by atoms with Gasteiger partial charge in [0, 0.05) is 31.8 Å². The van der Waals surface area contributed by atoms with Crippen LogP contribution in [0.5, 0.6) is 0 Å². The Morgan fingerprint density at radius 2 is 2.11 bits per heavy atom. The normalized spacial score (nSPS) is 16.9. The molecular formula is C14H20N2O2. The Labute approximate surface area is 107 Å². The Hall–Kier alpha value is -1.39. The smallest absolute Gasteiger partial charge is 0.253 e. The number of hydrogen-bond acceptors (Lipinski definition) is 3. The van der Waals surface area contributed by atoms with E-state index in [1.54, 1.807) is 0 Å². The number of nitrogens with zero attached hydrogens (tertiary/aromatic N) is 1. The summed E-state index contributed by atoms with van der Waals surface area (Å²) in [5.74, 6) is 0.422. The van der Waals surface area contributed by atoms with E-state index in [4.69, 9.17) is 10.8 Å². The van der Waals surface area contributed by atoms with Gasteiger partial charge in [-0.15, -0.1) is 0 Å². The molecule has 0 unspecified atom stereocenters. The second-order valence-electron chi connectivity index (χ2n) is 4.82. The molecule has 1 saturated heterocycles. The molecule has 1 heterocycles. The molecule has 0 bridgehead atoms. The van der Waals surface area contributed by atoms with Crippen LogP contribution >= 0.6 is 0 Å². The quantitative estimate of drug-likeness (QED) is 0.838. The van der Waals surface area contributed by atoms with E-state index in [0.717, 1.165) is 31.5 Å². The van der Waals surface area contributed by atoms with Crippen LogP contribution in [-0.4, -0.2) is 35.6 Å². The number of rotatable bonds is 3. The molecule has 18 heavy (non-hydrogen) atoms. The highest BCUT2D eigenvalue weighted by atomic mass is 16.3. The van der Waals surface area contributed by atoms with E-state index < -0.39 is 0 Å². The molecule has 1 aliphatic heterocycles. The van der Waals surface area contributed by atoms with Crippen LogP contribution in [0.2, 0.25) is 0 Å². The molecule has 0 atom stereocenters. The van der Waals surface area contributed by atoms with E-state index in [0.29, 0.717) is 18.0 Å². The summed E-state index contributed by atoms with van der Waals surface area (Å²) in [6.07, 6.45) is 1.78. The van der Waals surface area contributed by atoms with E-state index in [1.165, 1.54) is 0 Å². The van der Waals surface area contributed by atoms with Crippen molar-refractivity contribution in [3.8, 4) is 0 Å². The average Bonchev–Trinajstić information content (AvgIpc) is 2.46. The SMILES string of the molecule is NCc1cccc(C(=O)N2CCC(CO)CC2)c1. The third-order valence-corrected chi connectivity index (χ3v) is 3.57. The fourth-order valence-corrected chi connectivity index (χ4v) is 2.33. The molecule has 1 fully saturated rings. The lowest BCUT2D eigenvalue weighted by Gasteiger charge is -2.31. The number of carbonyl (C=O) groups is 1. The minimum absolute atomic E-state index is 0.0710. The zero-order valence-electron chi connectivity index (χ0n) is 10.5. The molecule has 0 saturated carbocycles. The van der Waals surface area contributed by atoms with Crippen molar-refractivity contribution in [2.75, 3.05) is 19.7 Å². The van der Waals surface area contributed by atoms with Gasteiger partial charge in [0.15, 0.2) is 0 Å². The van der Waals surface area contributed by atoms with Gasteiger partial charge < -0.3 is 15.7 Å². The number of aliphatic hydroxyl groups excluding tert-OH is 1. The monoisotopic (exact) mass is 248 g/mol. The predicted octanol–water partition coefficient (Wildman–Crippen LogP) is 0.990. The van der Waals surface area contributed by atoms with Gasteiger partial charge in [-0.25, -0.2) is 0 Å². The number of benzene rings is 1. The Kier molecular flexibility index (Phi) is 4.33. The predicted molar refractivity (Wildman–Crippen MR) is 70.0 cm³/mol. The Morgan fingerprint density at radius 3 is 2.72 bits per heavy atom. The van der Waals surface area contributed by atoms with Crippen LogP contribution in [0.4, 0.5) is 0 Å². The highest BCUT2D eigenvalue weighted by Gasteiger charge is 2.23. The summed E-state index contributed by atoms with van der Waals surface area (Å²) in [6.45, 7) is 2.15. The maximum absolute atomic E-state index is 12.3. The highest BCUT2D eigenvalue weighted by Crippen LogP contribution is 2.18. The Balaban J connectivity index is 2.03. The Bertz CT molecular complexity index is 412. The summed E-state index contributed by atoms with van der Waals surface area (Å²) in [6, 6.07) is 7.49. The van der Waals surface area contributed by atoms with E-state index in [1.807, 2.05) is 29.2 Å². The maximum atomic E-state index is 12.3. The van der Waals surface area contributed by atoms with Crippen molar-refractivity contribution >= 4 is 5.91 Å². The van der Waals surface area contributed by atoms with Crippen LogP contribution in [0.3, 0.4) is 0 Å². The Morgan fingerprint density at radius 1 is 1.39 bits per heavy atom. The van der Waals surface area contributed by atoms with Gasteiger partial charge in [0.2, 0.25) is 0 Å². The molecule has 98 valence electrons. The van der Waals surface area contributed by atoms with Crippen LogP contribution in [0.15, 0.2) is 24.3 Å². The second kappa shape index (κ2) is 5.98. The number of piperidine rings is 1. The fraction of sp³-hybridized carbons (Fsp3) is 0.500. The van der Waals surface area contributed by atoms with Gasteiger partial charge in [-0.05, 0) is 36.5 Å². The van der Waals surface area contributed by atoms with Gasteiger partial charge in [0.1, 0.15) is 0 Å². The molecule has 1 aromatic rings. The van der Waals surface area contributed by atoms with Crippen LogP contribution in [0.1, 0.15) is 28.8 Å². The van der Waals surface area contributed by atoms with Crippen LogP contribution < -0.4 is 5.73 Å². The molecule has 0 aliphatic carbocycles. The summed E-state index contributed by atoms with van der Waals surface area (Å²) < 4.78 is 0. The first-order valence-corrected chi connectivity index (χ1v) is 6.43. The standard InChI is InChI=1S/C14H20N2O2/c15-9-12-2-1-3-13(8-12)14(18)16-6-4-11(10-17)5-7-16/h1-3,8,11,17H,4-7,9-10,15H2. The molecular weight excluding hydrogens is 228 g/mol. The van der Waals surface area contributed by atoms with Crippen molar-refractivity contribution in [2.45, 2.75) is 19.4 Å². The summed E-state index contributed by atoms with van der Waals surface area (Å²) in [5, 5.41) is 9.08. The molecule has 1 amide bonds. The molecule has 3 N–H and O–H groups in total. The lowest BCUT2D eigenvalue weighted by atomic mass is 9.97. The average molecular weight is 248 g/mol. The van der Waals surface area contributed by atoms with E-state index in [9.17, 15) is 4.79 Å². The van der Waals surface area contributed by atoms with Crippen molar-refractivity contribution in [1.82, 2.24) is 4.90 Å². The third-order valence-electron chi connectivity index (χ3n) is 3.57. The highest BCUT2D eigenvalue weighted by molar-refractivity contribution is 5.94. The first kappa shape index (κ1) is 13.1. The fourth-order valence-electron chi connectivity index (χ4n) is 2.33. The second-order valence-corrected chi connectivity index (χ2v) is 4.82. The topological polar surface area (TPSA) is 66.6 Å². The molecule has 0 radical (unpaired) electrons. The zero-order valence-corrected chi connectivity index (χ0v) is 10.5. The van der Waals surface area contributed by atoms with Gasteiger partial charge in [-0.2, -0.15) is 0 Å². The van der Waals surface area contributed by atoms with Crippen LogP contribution in [-0.2, 0) is 6.54 Å². The van der Waals surface area contributed by atoms with E-state index >= 15 is 0 Å². The number of nitrogens with two attached hydrogens (primary N) is 1. The molecule has 2 rings (SSSR count). The number of carbonyl (C=O) groups excluding carboxylic acids is 1. The van der Waals surface area contributed by atoms with Crippen molar-refractivity contribution in [2.24, 2.45) is 11.7 Å². The maximum Gasteiger partial charge on any atom is 0.253 e. The zero-order chi connectivity index (χ0) is 13.0. The molecule has 0 aromatic heterocycles. The van der Waals surface area contributed by atoms with Crippen molar-refractivity contribution in [1.29, 1.82) is 0 Å². The summed E-state index contributed by atoms with van der Waals surface area (Å²) in [5.41, 5.74) is 7.27. The molecule has 4 heteroatoms. The van der Waals surface area contributed by atoms with Gasteiger partial charge in [0.25, 0.3) is 5.91 Å². The van der Waals surface area contributed by atoms with Gasteiger partial charge in [-0.1, -0.05) is 12.1 Å². The first-order valence-electron chi connectivity index (χ1n) is 6.43. The van der Waals surface area contributed by atoms with Crippen molar-refractivity contribution in [3.63, 3.8) is 0 Å². The molecule has 4 nitrogen and oxygen atoms in total. The summed E-state index contributed by atoms with van der Waals surface area (Å²) in [7, 11) is 0. The molecule has 0 spiro atoms. The largest absolute Gasteiger partial charge is 0.396 e. The van der Waals surface area contributed by atoms with Gasteiger partial charge in [0.05, 0.1) is 0 Å². The van der Waals surface area contributed by atoms with Gasteiger partial charge >= 0.3 is 0 Å². The summed E-state index contributed by atoms with van der Waals surface area (Å²) >= 11 is 0. The van der Waals surface area contributed by atoms with Crippen molar-refractivity contribution < 1.29 is 9.90 Å². The minimum atomic E-state index is 0.0710. The van der Waals surface area contributed by atoms with Crippen molar-refractivity contribution in [3.05, 3.63) is 35.4 Å². The lowest BCUT2D eigenvalue weighted by Crippen LogP contribution is -2.39. The van der Waals surface area contributed by atoms with E-state index in [-0.39, 0.29) is 12.5 Å². The first-order chi connectivity index (χ1) is 8.74. The summed E-state index contributed by atoms with van der Waals surface area (Å²) in [4.78, 5) is 14.1. The number of aliphatic hydroxyl groups is 1. The molecule has 1 aliphatic rings. The third kappa shape index (κ3) is 2.89. The lowest BCUT2D eigenvalue weighted by molar-refractivity contribution is 0.0651. The number of likely N-dealkylation sites (tertiary alicyclic amines) is 1. The van der Waals surface area contributed by atoms with Gasteiger partial charge in [-0.3, -0.25) is 4.79 Å². The van der Waals surface area contributed by atoms with Crippen LogP contribution in [0, 0.1) is 5.92 Å². The number of amides is 1. The minimum Gasteiger partial charge on any atom is -0.396 e. The molecule has 1 aromatic carbocycles.